The molecule has 59 heavy (non-hydrogen) atoms. The van der Waals surface area contributed by atoms with Crippen LogP contribution in [0.5, 0.6) is 0 Å². The maximum atomic E-state index is 14.2. The molecule has 0 aliphatic heterocycles. The second-order valence-electron chi connectivity index (χ2n) is 11.4. The van der Waals surface area contributed by atoms with Crippen molar-refractivity contribution >= 4 is 52.9 Å². The van der Waals surface area contributed by atoms with E-state index in [2.05, 4.69) is 19.9 Å². The van der Waals surface area contributed by atoms with E-state index in [0.717, 1.165) is 0 Å². The summed E-state index contributed by atoms with van der Waals surface area (Å²) in [6.45, 7) is 0.318. The molecule has 1 heterocycles. The van der Waals surface area contributed by atoms with Gasteiger partial charge in [0.05, 0.1) is 23.5 Å². The van der Waals surface area contributed by atoms with E-state index in [9.17, 15) is 108 Å². The van der Waals surface area contributed by atoms with Crippen molar-refractivity contribution in [2.45, 2.75) is 79.2 Å². The lowest BCUT2D eigenvalue weighted by Crippen LogP contribution is -2.75. The van der Waals surface area contributed by atoms with Crippen LogP contribution in [0.3, 0.4) is 0 Å². The number of halogens is 20. The second-order valence-corrected chi connectivity index (χ2v) is 14.6. The number of aliphatic hydroxyl groups is 1. The fourth-order valence-corrected chi connectivity index (χ4v) is 6.32. The number of hydrogen-bond donors (Lipinski definition) is 2. The maximum absolute atomic E-state index is 14.2. The summed E-state index contributed by atoms with van der Waals surface area (Å²) in [6, 6.07) is 5.25. The first-order valence-corrected chi connectivity index (χ1v) is 17.8. The summed E-state index contributed by atoms with van der Waals surface area (Å²) in [5.74, 6) is -72.1. The molecule has 2 aromatic rings. The molecule has 2 rings (SSSR count). The van der Waals surface area contributed by atoms with Crippen LogP contribution < -0.4 is 4.90 Å². The number of rotatable bonds is 20. The number of nitrogens with zero attached hydrogens (tertiary/aromatic N) is 5. The summed E-state index contributed by atoms with van der Waals surface area (Å²) in [5, 5.41) is 16.5. The molecule has 0 saturated heterocycles. The molecule has 0 fully saturated rings. The second kappa shape index (κ2) is 17.1. The highest BCUT2D eigenvalue weighted by atomic mass is 35.5. The molecule has 1 aromatic carbocycles. The Bertz CT molecular complexity index is 1900. The lowest BCUT2D eigenvalue weighted by Gasteiger charge is -2.43. The Morgan fingerprint density at radius 3 is 1.71 bits per heavy atom. The first kappa shape index (κ1) is 51.6. The Balaban J connectivity index is 2.12. The highest BCUT2D eigenvalue weighted by Crippen LogP contribution is 2.65. The van der Waals surface area contributed by atoms with Crippen molar-refractivity contribution in [3.63, 3.8) is 0 Å². The lowest BCUT2D eigenvalue weighted by atomic mass is 9.86. The smallest absolute Gasteiger partial charge is 0.460 e. The van der Waals surface area contributed by atoms with E-state index in [1.165, 1.54) is 36.1 Å². The van der Waals surface area contributed by atoms with Gasteiger partial charge in [-0.3, -0.25) is 9.36 Å². The monoisotopic (exact) mass is 957 g/mol. The number of hydrogen-bond acceptors (Lipinski definition) is 10. The molecule has 0 saturated carbocycles. The van der Waals surface area contributed by atoms with Gasteiger partial charge in [0, 0.05) is 23.6 Å². The minimum absolute atomic E-state index is 0.0581. The highest BCUT2D eigenvalue weighted by Gasteiger charge is 2.96. The lowest BCUT2D eigenvalue weighted by molar-refractivity contribution is -0.468. The molecule has 336 valence electrons. The zero-order chi connectivity index (χ0) is 46.2. The van der Waals surface area contributed by atoms with E-state index in [0.29, 0.717) is 11.3 Å². The maximum Gasteiger partial charge on any atom is 0.460 e. The normalized spacial score (nSPS) is 15.9. The van der Waals surface area contributed by atoms with Crippen molar-refractivity contribution in [3.05, 3.63) is 39.2 Å². The topological polar surface area (TPSA) is 154 Å². The SMILES string of the molecule is CCN(CCOC(=O)CCC(F)(F)C(F)(F)C(F)(F)C(F)(F)C(F)(F)C(F)(F)C(F)(F)C(F)(F)C(F)(F)F)c1ccc(/N=N/c2nc(Cl)c(C(O)P(=O)(O)N=O)s2)cc1. The summed E-state index contributed by atoms with van der Waals surface area (Å²) in [4.78, 5) is 38.2. The van der Waals surface area contributed by atoms with Crippen molar-refractivity contribution < 1.29 is 108 Å². The number of carbonyl (C=O) groups is 1. The summed E-state index contributed by atoms with van der Waals surface area (Å²) in [6.07, 6.45) is -13.2. The van der Waals surface area contributed by atoms with E-state index in [-0.39, 0.29) is 29.6 Å². The van der Waals surface area contributed by atoms with E-state index in [1.807, 2.05) is 4.95 Å². The molecule has 0 aliphatic rings. The Morgan fingerprint density at radius 2 is 1.27 bits per heavy atom. The molecule has 2 atom stereocenters. The van der Waals surface area contributed by atoms with E-state index < -0.39 is 102 Å². The van der Waals surface area contributed by atoms with E-state index in [4.69, 9.17) is 11.6 Å². The third-order valence-corrected chi connectivity index (χ3v) is 10.3. The number of aromatic nitrogens is 1. The number of likely N-dealkylation sites (N-methyl/N-ethyl adjacent to an activating group) is 1. The van der Waals surface area contributed by atoms with Crippen molar-refractivity contribution in [2.24, 2.45) is 15.2 Å². The van der Waals surface area contributed by atoms with Gasteiger partial charge in [-0.05, 0) is 31.2 Å². The molecular weight excluding hydrogens is 938 g/mol. The van der Waals surface area contributed by atoms with Crippen LogP contribution >= 0.6 is 30.5 Å². The number of aliphatic hydroxyl groups excluding tert-OH is 1. The fourth-order valence-electron chi connectivity index (χ4n) is 4.15. The summed E-state index contributed by atoms with van der Waals surface area (Å²) >= 11 is 6.23. The van der Waals surface area contributed by atoms with Crippen LogP contribution in [-0.2, 0) is 14.1 Å². The van der Waals surface area contributed by atoms with Gasteiger partial charge in [-0.15, -0.1) is 15.1 Å². The first-order chi connectivity index (χ1) is 26.4. The van der Waals surface area contributed by atoms with E-state index in [1.54, 1.807) is 0 Å². The van der Waals surface area contributed by atoms with Crippen LogP contribution in [0.1, 0.15) is 30.5 Å². The largest absolute Gasteiger partial charge is 0.464 e. The Hall–Kier alpha value is -3.57. The van der Waals surface area contributed by atoms with Gasteiger partial charge in [0.15, 0.2) is 5.85 Å². The number of alkyl halides is 19. The predicted octanol–water partition coefficient (Wildman–Crippen LogP) is 10.9. The number of carbonyl (C=O) groups excluding carboxylic acids is 1. The van der Waals surface area contributed by atoms with Crippen LogP contribution in [-0.4, -0.2) is 94.2 Å². The standard InChI is InChI=1S/C26H20ClF19N5O6PS/c1-2-51(12-5-3-11(4-6-12)48-49-17-47-15(27)14(59-17)16(53)58(55,56)50-54)9-10-57-13(52)7-8-18(28,29)19(30,31)20(32,33)21(34,35)22(36,37)23(38,39)24(40,41)25(42,43)26(44,45)46/h3-6,16,53H,2,7-10H2,1H3,(H,55,56)/b49-48+. The first-order valence-electron chi connectivity index (χ1n) is 14.9. The van der Waals surface area contributed by atoms with Gasteiger partial charge in [-0.25, -0.2) is 4.98 Å². The Kier molecular flexibility index (Phi) is 14.9. The molecule has 11 nitrogen and oxygen atoms in total. The molecule has 0 bridgehead atoms. The van der Waals surface area contributed by atoms with Gasteiger partial charge < -0.3 is 19.6 Å². The van der Waals surface area contributed by atoms with Gasteiger partial charge in [0.2, 0.25) is 5.13 Å². The van der Waals surface area contributed by atoms with Crippen LogP contribution in [0.2, 0.25) is 5.15 Å². The van der Waals surface area contributed by atoms with E-state index >= 15 is 0 Å². The van der Waals surface area contributed by atoms with Gasteiger partial charge in [-0.2, -0.15) is 83.4 Å². The third kappa shape index (κ3) is 9.36. The molecule has 33 heteroatoms. The molecule has 2 unspecified atom stereocenters. The fraction of sp³-hybridized carbons (Fsp3) is 0.615. The van der Waals surface area contributed by atoms with Gasteiger partial charge in [0.25, 0.3) is 0 Å². The summed E-state index contributed by atoms with van der Waals surface area (Å²) in [7, 11) is -4.95. The average molecular weight is 958 g/mol. The molecule has 0 spiro atoms. The predicted molar refractivity (Wildman–Crippen MR) is 162 cm³/mol. The molecule has 2 N–H and O–H groups in total. The quantitative estimate of drug-likeness (QED) is 0.0437. The average Bonchev–Trinajstić information content (AvgIpc) is 3.50. The number of anilines is 1. The number of nitroso groups, excluding NO2 is 1. The van der Waals surface area contributed by atoms with Crippen LogP contribution in [0, 0.1) is 4.91 Å². The van der Waals surface area contributed by atoms with Crippen LogP contribution in [0.4, 0.5) is 99.9 Å². The Labute approximate surface area is 323 Å². The zero-order valence-electron chi connectivity index (χ0n) is 28.1. The van der Waals surface area contributed by atoms with Gasteiger partial charge in [0.1, 0.15) is 11.8 Å². The van der Waals surface area contributed by atoms with Crippen molar-refractivity contribution in [1.29, 1.82) is 0 Å². The van der Waals surface area contributed by atoms with Crippen molar-refractivity contribution in [3.8, 4) is 0 Å². The number of ether oxygens (including phenoxy) is 1. The summed E-state index contributed by atoms with van der Waals surface area (Å²) < 4.78 is 273. The van der Waals surface area contributed by atoms with Crippen molar-refractivity contribution in [2.75, 3.05) is 24.6 Å². The molecule has 1 aromatic heterocycles. The third-order valence-electron chi connectivity index (χ3n) is 7.56. The highest BCUT2D eigenvalue weighted by molar-refractivity contribution is 7.56. The zero-order valence-corrected chi connectivity index (χ0v) is 30.6. The van der Waals surface area contributed by atoms with Crippen molar-refractivity contribution in [1.82, 2.24) is 4.98 Å². The number of thiazole rings is 1. The van der Waals surface area contributed by atoms with Crippen LogP contribution in [0.25, 0.3) is 0 Å². The number of benzene rings is 1. The van der Waals surface area contributed by atoms with Gasteiger partial charge in [-0.1, -0.05) is 22.9 Å². The minimum atomic E-state index is -9.05. The molecular formula is C26H20ClF19N5O6PS. The minimum Gasteiger partial charge on any atom is -0.464 e. The molecule has 0 radical (unpaired) electrons. The number of azo groups is 1. The van der Waals surface area contributed by atoms with Gasteiger partial charge >= 0.3 is 67.0 Å². The molecule has 0 aliphatic carbocycles. The van der Waals surface area contributed by atoms with Crippen LogP contribution in [0.15, 0.2) is 39.4 Å². The Morgan fingerprint density at radius 1 is 0.814 bits per heavy atom. The number of esters is 1. The molecule has 0 amide bonds. The summed E-state index contributed by atoms with van der Waals surface area (Å²) in [5.41, 5.74) is 0.369.